The number of ether oxygens (including phenoxy) is 2. The fraction of sp³-hybridized carbons (Fsp3) is 0.632. The SMILES string of the molecule is COCCN(CCOC)c1ccc([C@H](CO)N(C(=O)O)C(C)(C)C)cc1. The van der Waals surface area contributed by atoms with Gasteiger partial charge in [0.15, 0.2) is 0 Å². The zero-order valence-corrected chi connectivity index (χ0v) is 16.4. The van der Waals surface area contributed by atoms with E-state index < -0.39 is 17.7 Å². The highest BCUT2D eigenvalue weighted by Gasteiger charge is 2.33. The Balaban J connectivity index is 3.05. The van der Waals surface area contributed by atoms with Crippen LogP contribution in [0.5, 0.6) is 0 Å². The predicted molar refractivity (Wildman–Crippen MR) is 102 cm³/mol. The summed E-state index contributed by atoms with van der Waals surface area (Å²) in [6.45, 7) is 7.82. The van der Waals surface area contributed by atoms with E-state index in [2.05, 4.69) is 4.90 Å². The van der Waals surface area contributed by atoms with Gasteiger partial charge in [0.05, 0.1) is 25.9 Å². The fourth-order valence-electron chi connectivity index (χ4n) is 2.90. The van der Waals surface area contributed by atoms with Gasteiger partial charge in [-0.1, -0.05) is 12.1 Å². The minimum Gasteiger partial charge on any atom is -0.465 e. The molecule has 0 saturated heterocycles. The van der Waals surface area contributed by atoms with Crippen molar-refractivity contribution in [2.75, 3.05) is 52.0 Å². The standard InChI is InChI=1S/C19H32N2O5/c1-19(2,3)21(18(23)24)17(14-22)15-6-8-16(9-7-15)20(10-12-25-4)11-13-26-5/h6-9,17,22H,10-14H2,1-5H3,(H,23,24)/t17-/m0/s1. The third kappa shape index (κ3) is 6.16. The van der Waals surface area contributed by atoms with Crippen molar-refractivity contribution in [2.45, 2.75) is 32.4 Å². The molecule has 1 rings (SSSR count). The van der Waals surface area contributed by atoms with Crippen LogP contribution >= 0.6 is 0 Å². The van der Waals surface area contributed by atoms with Crippen LogP contribution in [0.15, 0.2) is 24.3 Å². The van der Waals surface area contributed by atoms with E-state index in [1.807, 2.05) is 45.0 Å². The lowest BCUT2D eigenvalue weighted by molar-refractivity contribution is 0.0458. The van der Waals surface area contributed by atoms with Gasteiger partial charge in [-0.3, -0.25) is 4.90 Å². The smallest absolute Gasteiger partial charge is 0.408 e. The maximum absolute atomic E-state index is 11.7. The molecule has 2 N–H and O–H groups in total. The summed E-state index contributed by atoms with van der Waals surface area (Å²) in [7, 11) is 3.33. The van der Waals surface area contributed by atoms with Crippen molar-refractivity contribution in [2.24, 2.45) is 0 Å². The highest BCUT2D eigenvalue weighted by Crippen LogP contribution is 2.29. The molecule has 26 heavy (non-hydrogen) atoms. The van der Waals surface area contributed by atoms with Crippen molar-refractivity contribution in [3.05, 3.63) is 29.8 Å². The van der Waals surface area contributed by atoms with Crippen molar-refractivity contribution >= 4 is 11.8 Å². The number of aliphatic hydroxyl groups excluding tert-OH is 1. The van der Waals surface area contributed by atoms with Crippen LogP contribution in [0.1, 0.15) is 32.4 Å². The van der Waals surface area contributed by atoms with Crippen molar-refractivity contribution in [1.82, 2.24) is 4.90 Å². The van der Waals surface area contributed by atoms with Gasteiger partial charge in [0.2, 0.25) is 0 Å². The summed E-state index contributed by atoms with van der Waals surface area (Å²) < 4.78 is 10.3. The Hall–Kier alpha value is -1.83. The van der Waals surface area contributed by atoms with Gasteiger partial charge in [-0.25, -0.2) is 4.79 Å². The van der Waals surface area contributed by atoms with E-state index in [-0.39, 0.29) is 6.61 Å². The monoisotopic (exact) mass is 368 g/mol. The maximum Gasteiger partial charge on any atom is 0.408 e. The van der Waals surface area contributed by atoms with Gasteiger partial charge in [-0.05, 0) is 38.5 Å². The Morgan fingerprint density at radius 1 is 1.08 bits per heavy atom. The lowest BCUT2D eigenvalue weighted by Gasteiger charge is -2.39. The molecule has 1 amide bonds. The number of nitrogens with zero attached hydrogens (tertiary/aromatic N) is 2. The number of benzene rings is 1. The summed E-state index contributed by atoms with van der Waals surface area (Å²) in [6.07, 6.45) is -1.05. The molecule has 1 aromatic rings. The van der Waals surface area contributed by atoms with Crippen LogP contribution in [0.3, 0.4) is 0 Å². The lowest BCUT2D eigenvalue weighted by Crippen LogP contribution is -2.48. The normalized spacial score (nSPS) is 12.7. The molecule has 0 aromatic heterocycles. The van der Waals surface area contributed by atoms with Gasteiger partial charge in [0, 0.05) is 38.5 Å². The molecular weight excluding hydrogens is 336 g/mol. The molecular formula is C19H32N2O5. The van der Waals surface area contributed by atoms with Crippen molar-refractivity contribution in [3.8, 4) is 0 Å². The molecule has 0 spiro atoms. The molecule has 0 aliphatic rings. The first-order chi connectivity index (χ1) is 12.3. The topological polar surface area (TPSA) is 82.5 Å². The third-order valence-corrected chi connectivity index (χ3v) is 4.19. The van der Waals surface area contributed by atoms with E-state index in [0.29, 0.717) is 13.2 Å². The van der Waals surface area contributed by atoms with Gasteiger partial charge >= 0.3 is 6.09 Å². The highest BCUT2D eigenvalue weighted by atomic mass is 16.5. The van der Waals surface area contributed by atoms with E-state index in [4.69, 9.17) is 9.47 Å². The molecule has 0 bridgehead atoms. The van der Waals surface area contributed by atoms with Crippen molar-refractivity contribution in [3.63, 3.8) is 0 Å². The van der Waals surface area contributed by atoms with Crippen molar-refractivity contribution in [1.29, 1.82) is 0 Å². The second-order valence-corrected chi connectivity index (χ2v) is 7.09. The van der Waals surface area contributed by atoms with E-state index >= 15 is 0 Å². The number of carboxylic acid groups (broad SMARTS) is 1. The van der Waals surface area contributed by atoms with Gasteiger partial charge in [0.1, 0.15) is 0 Å². The minimum atomic E-state index is -1.05. The number of anilines is 1. The van der Waals surface area contributed by atoms with E-state index in [1.54, 1.807) is 14.2 Å². The number of hydrogen-bond acceptors (Lipinski definition) is 5. The molecule has 7 nitrogen and oxygen atoms in total. The second kappa shape index (κ2) is 10.4. The zero-order valence-electron chi connectivity index (χ0n) is 16.4. The Kier molecular flexibility index (Phi) is 8.84. The third-order valence-electron chi connectivity index (χ3n) is 4.19. The molecule has 7 heteroatoms. The summed E-state index contributed by atoms with van der Waals surface area (Å²) in [5, 5.41) is 19.4. The van der Waals surface area contributed by atoms with Gasteiger partial charge < -0.3 is 24.6 Å². The number of rotatable bonds is 10. The number of amides is 1. The first-order valence-electron chi connectivity index (χ1n) is 8.72. The van der Waals surface area contributed by atoms with Crippen LogP contribution in [-0.2, 0) is 9.47 Å². The Labute approximate surface area is 156 Å². The van der Waals surface area contributed by atoms with E-state index in [0.717, 1.165) is 24.3 Å². The molecule has 148 valence electrons. The first kappa shape index (κ1) is 22.2. The average Bonchev–Trinajstić information content (AvgIpc) is 2.58. The summed E-state index contributed by atoms with van der Waals surface area (Å²) in [6, 6.07) is 6.99. The molecule has 1 atom stereocenters. The van der Waals surface area contributed by atoms with Gasteiger partial charge in [0.25, 0.3) is 0 Å². The number of aliphatic hydroxyl groups is 1. The molecule has 0 radical (unpaired) electrons. The molecule has 0 fully saturated rings. The van der Waals surface area contributed by atoms with Gasteiger partial charge in [-0.15, -0.1) is 0 Å². The van der Waals surface area contributed by atoms with E-state index in [9.17, 15) is 15.0 Å². The number of hydrogen-bond donors (Lipinski definition) is 2. The van der Waals surface area contributed by atoms with Gasteiger partial charge in [-0.2, -0.15) is 0 Å². The molecule has 0 unspecified atom stereocenters. The number of methoxy groups -OCH3 is 2. The van der Waals surface area contributed by atoms with Crippen LogP contribution in [0, 0.1) is 0 Å². The molecule has 0 saturated carbocycles. The molecule has 0 heterocycles. The van der Waals surface area contributed by atoms with Crippen LogP contribution in [-0.4, -0.2) is 73.9 Å². The average molecular weight is 368 g/mol. The zero-order chi connectivity index (χ0) is 19.7. The fourth-order valence-corrected chi connectivity index (χ4v) is 2.90. The van der Waals surface area contributed by atoms with Crippen molar-refractivity contribution < 1.29 is 24.5 Å². The molecule has 0 aliphatic carbocycles. The quantitative estimate of drug-likeness (QED) is 0.661. The molecule has 0 aliphatic heterocycles. The largest absolute Gasteiger partial charge is 0.465 e. The Bertz CT molecular complexity index is 534. The Morgan fingerprint density at radius 2 is 1.58 bits per heavy atom. The summed E-state index contributed by atoms with van der Waals surface area (Å²) in [4.78, 5) is 15.1. The second-order valence-electron chi connectivity index (χ2n) is 7.09. The highest BCUT2D eigenvalue weighted by molar-refractivity contribution is 5.67. The first-order valence-corrected chi connectivity index (χ1v) is 8.72. The van der Waals surface area contributed by atoms with Crippen LogP contribution in [0.2, 0.25) is 0 Å². The predicted octanol–water partition coefficient (Wildman–Crippen LogP) is 2.60. The summed E-state index contributed by atoms with van der Waals surface area (Å²) in [5.41, 5.74) is 1.13. The minimum absolute atomic E-state index is 0.278. The van der Waals surface area contributed by atoms with E-state index in [1.165, 1.54) is 4.90 Å². The maximum atomic E-state index is 11.7. The molecule has 1 aromatic carbocycles. The summed E-state index contributed by atoms with van der Waals surface area (Å²) in [5.74, 6) is 0. The Morgan fingerprint density at radius 3 is 1.92 bits per heavy atom. The van der Waals surface area contributed by atoms with Crippen LogP contribution in [0.4, 0.5) is 10.5 Å². The summed E-state index contributed by atoms with van der Waals surface area (Å²) >= 11 is 0. The lowest BCUT2D eigenvalue weighted by atomic mass is 9.98. The number of carbonyl (C=O) groups is 1. The van der Waals surface area contributed by atoms with Crippen LogP contribution < -0.4 is 4.90 Å². The van der Waals surface area contributed by atoms with Crippen LogP contribution in [0.25, 0.3) is 0 Å².